The number of hydrogen-bond acceptors (Lipinski definition) is 3. The molecule has 0 aromatic heterocycles. The van der Waals surface area contributed by atoms with Gasteiger partial charge in [-0.15, -0.1) is 0 Å². The highest BCUT2D eigenvalue weighted by atomic mass is 16.5. The van der Waals surface area contributed by atoms with Crippen LogP contribution in [0.5, 0.6) is 5.75 Å². The first-order valence-corrected chi connectivity index (χ1v) is 6.54. The zero-order valence-corrected chi connectivity index (χ0v) is 11.4. The van der Waals surface area contributed by atoms with E-state index >= 15 is 0 Å². The Kier molecular flexibility index (Phi) is 4.27. The standard InChI is InChI=1S/C14H21N3O2/c1-17(12(9-15)10-7-8-10)14(18)16-11-5-3-4-6-13(11)19-2/h3-6,10,12H,7-9,15H2,1-2H3,(H,16,18). The van der Waals surface area contributed by atoms with Crippen LogP contribution in [0.25, 0.3) is 0 Å². The first-order chi connectivity index (χ1) is 9.17. The van der Waals surface area contributed by atoms with Gasteiger partial charge in [0.2, 0.25) is 0 Å². The van der Waals surface area contributed by atoms with Crippen molar-refractivity contribution < 1.29 is 9.53 Å². The van der Waals surface area contributed by atoms with Crippen molar-refractivity contribution in [2.24, 2.45) is 11.7 Å². The third kappa shape index (κ3) is 3.17. The lowest BCUT2D eigenvalue weighted by molar-refractivity contribution is 0.198. The minimum atomic E-state index is -0.146. The van der Waals surface area contributed by atoms with Gasteiger partial charge in [-0.3, -0.25) is 0 Å². The first-order valence-electron chi connectivity index (χ1n) is 6.54. The zero-order chi connectivity index (χ0) is 13.8. The lowest BCUT2D eigenvalue weighted by atomic mass is 10.1. The summed E-state index contributed by atoms with van der Waals surface area (Å²) in [6, 6.07) is 7.34. The Morgan fingerprint density at radius 3 is 2.79 bits per heavy atom. The molecule has 0 radical (unpaired) electrons. The lowest BCUT2D eigenvalue weighted by Crippen LogP contribution is -2.45. The van der Waals surface area contributed by atoms with Crippen molar-refractivity contribution in [2.75, 3.05) is 26.0 Å². The fourth-order valence-corrected chi connectivity index (χ4v) is 2.25. The first kappa shape index (κ1) is 13.7. The van der Waals surface area contributed by atoms with Crippen molar-refractivity contribution in [2.45, 2.75) is 18.9 Å². The van der Waals surface area contributed by atoms with Gasteiger partial charge in [0.1, 0.15) is 5.75 Å². The molecule has 5 nitrogen and oxygen atoms in total. The molecule has 2 amide bonds. The minimum Gasteiger partial charge on any atom is -0.495 e. The zero-order valence-electron chi connectivity index (χ0n) is 11.4. The molecule has 1 aromatic carbocycles. The highest BCUT2D eigenvalue weighted by molar-refractivity contribution is 5.91. The van der Waals surface area contributed by atoms with Gasteiger partial charge in [-0.05, 0) is 30.9 Å². The number of benzene rings is 1. The van der Waals surface area contributed by atoms with Gasteiger partial charge in [-0.25, -0.2) is 4.79 Å². The van der Waals surface area contributed by atoms with Gasteiger partial charge >= 0.3 is 6.03 Å². The second kappa shape index (κ2) is 5.93. The molecular weight excluding hydrogens is 242 g/mol. The van der Waals surface area contributed by atoms with Crippen LogP contribution in [0.3, 0.4) is 0 Å². The predicted octanol–water partition coefficient (Wildman–Crippen LogP) is 1.90. The number of nitrogens with two attached hydrogens (primary N) is 1. The molecule has 0 heterocycles. The summed E-state index contributed by atoms with van der Waals surface area (Å²) >= 11 is 0. The quantitative estimate of drug-likeness (QED) is 0.852. The van der Waals surface area contributed by atoms with Crippen LogP contribution in [0.4, 0.5) is 10.5 Å². The van der Waals surface area contributed by atoms with Crippen LogP contribution < -0.4 is 15.8 Å². The molecule has 1 fully saturated rings. The van der Waals surface area contributed by atoms with E-state index in [9.17, 15) is 4.79 Å². The van der Waals surface area contributed by atoms with Crippen LogP contribution in [-0.4, -0.2) is 37.7 Å². The lowest BCUT2D eigenvalue weighted by Gasteiger charge is -2.27. The fraction of sp³-hybridized carbons (Fsp3) is 0.500. The summed E-state index contributed by atoms with van der Waals surface area (Å²) in [6.07, 6.45) is 2.32. The molecule has 1 aromatic rings. The van der Waals surface area contributed by atoms with E-state index in [1.165, 1.54) is 0 Å². The topological polar surface area (TPSA) is 67.6 Å². The van der Waals surface area contributed by atoms with E-state index in [0.29, 0.717) is 23.9 Å². The number of nitrogens with zero attached hydrogens (tertiary/aromatic N) is 1. The number of amides is 2. The molecule has 0 bridgehead atoms. The molecule has 1 aliphatic rings. The van der Waals surface area contributed by atoms with Crippen LogP contribution in [0.15, 0.2) is 24.3 Å². The van der Waals surface area contributed by atoms with E-state index in [1.54, 1.807) is 19.1 Å². The van der Waals surface area contributed by atoms with Crippen molar-refractivity contribution in [1.29, 1.82) is 0 Å². The maximum Gasteiger partial charge on any atom is 0.321 e. The van der Waals surface area contributed by atoms with E-state index in [0.717, 1.165) is 12.8 Å². The summed E-state index contributed by atoms with van der Waals surface area (Å²) in [4.78, 5) is 13.9. The maximum atomic E-state index is 12.2. The molecule has 1 atom stereocenters. The molecule has 1 unspecified atom stereocenters. The van der Waals surface area contributed by atoms with Crippen LogP contribution in [0, 0.1) is 5.92 Å². The number of methoxy groups -OCH3 is 1. The SMILES string of the molecule is COc1ccccc1NC(=O)N(C)C(CN)C1CC1. The van der Waals surface area contributed by atoms with Gasteiger partial charge in [0.05, 0.1) is 12.8 Å². The Hall–Kier alpha value is -1.75. The van der Waals surface area contributed by atoms with Gasteiger partial charge in [0.25, 0.3) is 0 Å². The molecule has 0 aliphatic heterocycles. The van der Waals surface area contributed by atoms with Crippen molar-refractivity contribution in [3.63, 3.8) is 0 Å². The Labute approximate surface area is 113 Å². The molecule has 104 valence electrons. The molecule has 19 heavy (non-hydrogen) atoms. The van der Waals surface area contributed by atoms with Gasteiger partial charge in [0.15, 0.2) is 0 Å². The summed E-state index contributed by atoms with van der Waals surface area (Å²) < 4.78 is 5.21. The van der Waals surface area contributed by atoms with Gasteiger partial charge < -0.3 is 20.7 Å². The molecule has 2 rings (SSSR count). The number of nitrogens with one attached hydrogen (secondary N) is 1. The Morgan fingerprint density at radius 2 is 2.21 bits per heavy atom. The molecule has 3 N–H and O–H groups in total. The Balaban J connectivity index is 2.03. The monoisotopic (exact) mass is 263 g/mol. The molecule has 0 spiro atoms. The van der Waals surface area contributed by atoms with Crippen LogP contribution >= 0.6 is 0 Å². The molecule has 0 saturated heterocycles. The third-order valence-corrected chi connectivity index (χ3v) is 3.57. The van der Waals surface area contributed by atoms with Crippen molar-refractivity contribution in [3.05, 3.63) is 24.3 Å². The van der Waals surface area contributed by atoms with E-state index in [1.807, 2.05) is 24.3 Å². The summed E-state index contributed by atoms with van der Waals surface area (Å²) in [5.74, 6) is 1.21. The average molecular weight is 263 g/mol. The summed E-state index contributed by atoms with van der Waals surface area (Å²) in [5, 5.41) is 2.87. The largest absolute Gasteiger partial charge is 0.495 e. The number of rotatable bonds is 5. The normalized spacial score (nSPS) is 15.7. The molecule has 1 aliphatic carbocycles. The number of carbonyl (C=O) groups excluding carboxylic acids is 1. The van der Waals surface area contributed by atoms with Crippen molar-refractivity contribution in [3.8, 4) is 5.75 Å². The Morgan fingerprint density at radius 1 is 1.53 bits per heavy atom. The van der Waals surface area contributed by atoms with Gasteiger partial charge in [-0.2, -0.15) is 0 Å². The second-order valence-electron chi connectivity index (χ2n) is 4.88. The summed E-state index contributed by atoms with van der Waals surface area (Å²) in [7, 11) is 3.38. The third-order valence-electron chi connectivity index (χ3n) is 3.57. The van der Waals surface area contributed by atoms with Gasteiger partial charge in [0, 0.05) is 19.6 Å². The predicted molar refractivity (Wildman–Crippen MR) is 75.3 cm³/mol. The van der Waals surface area contributed by atoms with E-state index < -0.39 is 0 Å². The number of carbonyl (C=O) groups is 1. The smallest absolute Gasteiger partial charge is 0.321 e. The van der Waals surface area contributed by atoms with Gasteiger partial charge in [-0.1, -0.05) is 12.1 Å². The number of likely N-dealkylation sites (N-methyl/N-ethyl adjacent to an activating group) is 1. The van der Waals surface area contributed by atoms with Crippen molar-refractivity contribution in [1.82, 2.24) is 4.90 Å². The molecule has 5 heteroatoms. The number of hydrogen-bond donors (Lipinski definition) is 2. The minimum absolute atomic E-state index is 0.120. The van der Waals surface area contributed by atoms with E-state index in [2.05, 4.69) is 5.32 Å². The number of anilines is 1. The Bertz CT molecular complexity index is 446. The van der Waals surface area contributed by atoms with Crippen LogP contribution in [0.2, 0.25) is 0 Å². The highest BCUT2D eigenvalue weighted by Crippen LogP contribution is 2.34. The van der Waals surface area contributed by atoms with E-state index in [4.69, 9.17) is 10.5 Å². The average Bonchev–Trinajstić information content (AvgIpc) is 3.24. The van der Waals surface area contributed by atoms with Crippen LogP contribution in [0.1, 0.15) is 12.8 Å². The summed E-state index contributed by atoms with van der Waals surface area (Å²) in [5.41, 5.74) is 6.43. The van der Waals surface area contributed by atoms with Crippen LogP contribution in [-0.2, 0) is 0 Å². The molecular formula is C14H21N3O2. The molecule has 1 saturated carbocycles. The summed E-state index contributed by atoms with van der Waals surface area (Å²) in [6.45, 7) is 0.501. The number of urea groups is 1. The fourth-order valence-electron chi connectivity index (χ4n) is 2.25. The second-order valence-corrected chi connectivity index (χ2v) is 4.88. The number of ether oxygens (including phenoxy) is 1. The van der Waals surface area contributed by atoms with Crippen molar-refractivity contribution >= 4 is 11.7 Å². The highest BCUT2D eigenvalue weighted by Gasteiger charge is 2.34. The maximum absolute atomic E-state index is 12.2. The number of para-hydroxylation sites is 2. The van der Waals surface area contributed by atoms with E-state index in [-0.39, 0.29) is 12.1 Å².